The molecule has 3 aromatic carbocycles. The molecule has 6 rings (SSSR count). The monoisotopic (exact) mass is 610 g/mol. The SMILES string of the molecule is COCC1=C2[C@@H](CC/C(C)=C/c3ccc(O)c(F)c3)OB(O)C[C@@H]2[C@@H]2C(=O)N(c3ccc(Nc4ccccc4)cc3)C(=O)[C@@H]2C1. The molecule has 45 heavy (non-hydrogen) atoms. The van der Waals surface area contributed by atoms with Gasteiger partial charge in [0.15, 0.2) is 11.6 Å². The summed E-state index contributed by atoms with van der Waals surface area (Å²) in [5, 5.41) is 23.6. The van der Waals surface area contributed by atoms with Gasteiger partial charge in [0.2, 0.25) is 11.8 Å². The number of carbonyl (C=O) groups excluding carboxylic acids is 2. The number of amides is 2. The van der Waals surface area contributed by atoms with Crippen LogP contribution in [0.2, 0.25) is 6.32 Å². The van der Waals surface area contributed by atoms with Gasteiger partial charge >= 0.3 is 7.12 Å². The minimum absolute atomic E-state index is 0.217. The fourth-order valence-electron chi connectivity index (χ4n) is 7.04. The van der Waals surface area contributed by atoms with Gasteiger partial charge in [-0.3, -0.25) is 14.5 Å². The summed E-state index contributed by atoms with van der Waals surface area (Å²) in [6.07, 6.45) is 3.10. The van der Waals surface area contributed by atoms with Crippen LogP contribution < -0.4 is 10.2 Å². The Balaban J connectivity index is 1.23. The maximum absolute atomic E-state index is 14.0. The van der Waals surface area contributed by atoms with Gasteiger partial charge in [-0.25, -0.2) is 4.39 Å². The van der Waals surface area contributed by atoms with Crippen LogP contribution >= 0.6 is 0 Å². The van der Waals surface area contributed by atoms with Crippen molar-refractivity contribution in [1.29, 1.82) is 0 Å². The topological polar surface area (TPSA) is 108 Å². The molecule has 2 heterocycles. The zero-order valence-electron chi connectivity index (χ0n) is 25.3. The minimum atomic E-state index is -1.08. The number of nitrogens with one attached hydrogen (secondary N) is 1. The van der Waals surface area contributed by atoms with Crippen molar-refractivity contribution < 1.29 is 33.5 Å². The average Bonchev–Trinajstić information content (AvgIpc) is 3.27. The average molecular weight is 610 g/mol. The zero-order chi connectivity index (χ0) is 31.7. The van der Waals surface area contributed by atoms with Gasteiger partial charge in [0.1, 0.15) is 0 Å². The molecule has 0 aromatic heterocycles. The highest BCUT2D eigenvalue weighted by molar-refractivity contribution is 6.43. The van der Waals surface area contributed by atoms with Crippen molar-refractivity contribution in [3.63, 3.8) is 0 Å². The van der Waals surface area contributed by atoms with Gasteiger partial charge in [0.05, 0.1) is 30.2 Å². The summed E-state index contributed by atoms with van der Waals surface area (Å²) >= 11 is 0. The quantitative estimate of drug-likeness (QED) is 0.153. The number of benzene rings is 3. The summed E-state index contributed by atoms with van der Waals surface area (Å²) in [6, 6.07) is 21.2. The van der Waals surface area contributed by atoms with Crippen molar-refractivity contribution in [3.05, 3.63) is 101 Å². The lowest BCUT2D eigenvalue weighted by Gasteiger charge is -2.43. The molecular weight excluding hydrogens is 574 g/mol. The number of fused-ring (bicyclic) bond motifs is 3. The van der Waals surface area contributed by atoms with E-state index in [0.29, 0.717) is 37.1 Å². The summed E-state index contributed by atoms with van der Waals surface area (Å²) in [4.78, 5) is 29.2. The van der Waals surface area contributed by atoms with Crippen LogP contribution in [0.5, 0.6) is 5.75 Å². The number of methoxy groups -OCH3 is 1. The molecule has 0 bridgehead atoms. The van der Waals surface area contributed by atoms with Crippen molar-refractivity contribution in [3.8, 4) is 5.75 Å². The lowest BCUT2D eigenvalue weighted by molar-refractivity contribution is -0.122. The molecule has 2 amide bonds. The number of nitrogens with zero attached hydrogens (tertiary/aromatic N) is 1. The van der Waals surface area contributed by atoms with Gasteiger partial charge in [-0.1, -0.05) is 35.9 Å². The summed E-state index contributed by atoms with van der Waals surface area (Å²) in [5.74, 6) is -3.09. The van der Waals surface area contributed by atoms with Gasteiger partial charge in [-0.05, 0) is 104 Å². The Bertz CT molecular complexity index is 1640. The third-order valence-corrected chi connectivity index (χ3v) is 9.00. The second-order valence-electron chi connectivity index (χ2n) is 12.0. The molecule has 0 unspecified atom stereocenters. The summed E-state index contributed by atoms with van der Waals surface area (Å²) in [7, 11) is 0.521. The van der Waals surface area contributed by atoms with E-state index >= 15 is 0 Å². The number of allylic oxidation sites excluding steroid dienone is 1. The minimum Gasteiger partial charge on any atom is -0.505 e. The number of aromatic hydroxyl groups is 1. The van der Waals surface area contributed by atoms with Gasteiger partial charge in [0, 0.05) is 18.5 Å². The number of rotatable bonds is 9. The molecule has 0 radical (unpaired) electrons. The molecule has 0 spiro atoms. The Kier molecular flexibility index (Phi) is 8.89. The molecule has 0 saturated carbocycles. The van der Waals surface area contributed by atoms with E-state index in [4.69, 9.17) is 9.39 Å². The largest absolute Gasteiger partial charge is 0.505 e. The smallest absolute Gasteiger partial charge is 0.455 e. The second kappa shape index (κ2) is 13.0. The molecule has 3 aliphatic rings. The number of halogens is 1. The standard InChI is InChI=1S/C35H36BFN2O6/c1-21(16-22-9-14-30(40)29(37)17-22)8-15-31-32-23(20-44-2)18-27-33(28(32)19-36(43)45-31)35(42)39(34(27)41)26-12-10-25(11-13-26)38-24-6-4-3-5-7-24/h3-7,9-14,16-17,27-28,31,33,38,40,43H,8,15,18-20H2,1-2H3/b21-16+/t27-,28+,31-,33-/m1/s1. The fourth-order valence-corrected chi connectivity index (χ4v) is 7.04. The maximum atomic E-state index is 14.0. The van der Waals surface area contributed by atoms with E-state index < -0.39 is 36.6 Å². The Morgan fingerprint density at radius 2 is 1.80 bits per heavy atom. The van der Waals surface area contributed by atoms with Crippen LogP contribution in [0.15, 0.2) is 89.5 Å². The maximum Gasteiger partial charge on any atom is 0.455 e. The van der Waals surface area contributed by atoms with E-state index in [2.05, 4.69) is 5.32 Å². The van der Waals surface area contributed by atoms with Crippen molar-refractivity contribution >= 4 is 42.1 Å². The second-order valence-corrected chi connectivity index (χ2v) is 12.0. The van der Waals surface area contributed by atoms with Crippen LogP contribution in [0.3, 0.4) is 0 Å². The molecule has 2 aliphatic heterocycles. The van der Waals surface area contributed by atoms with Crippen LogP contribution in [0.1, 0.15) is 31.7 Å². The number of phenols is 1. The van der Waals surface area contributed by atoms with Crippen molar-refractivity contribution in [2.45, 2.75) is 38.6 Å². The van der Waals surface area contributed by atoms with Crippen LogP contribution in [0.4, 0.5) is 21.5 Å². The summed E-state index contributed by atoms with van der Waals surface area (Å²) in [6.45, 7) is 2.23. The first-order valence-electron chi connectivity index (χ1n) is 15.2. The third kappa shape index (κ3) is 6.31. The Morgan fingerprint density at radius 1 is 1.07 bits per heavy atom. The molecule has 3 aromatic rings. The highest BCUT2D eigenvalue weighted by Crippen LogP contribution is 2.51. The molecule has 4 atom stereocenters. The number of phenolic OH excluding ortho intramolecular Hbond substituents is 1. The number of ether oxygens (including phenoxy) is 1. The number of hydrogen-bond donors (Lipinski definition) is 3. The molecule has 10 heteroatoms. The van der Waals surface area contributed by atoms with E-state index in [0.717, 1.165) is 28.1 Å². The van der Waals surface area contributed by atoms with Gasteiger partial charge in [-0.15, -0.1) is 0 Å². The Hall–Kier alpha value is -4.25. The van der Waals surface area contributed by atoms with E-state index in [1.165, 1.54) is 17.0 Å². The third-order valence-electron chi connectivity index (χ3n) is 9.00. The number of hydrogen-bond acceptors (Lipinski definition) is 7. The highest BCUT2D eigenvalue weighted by Gasteiger charge is 2.57. The van der Waals surface area contributed by atoms with Gasteiger partial charge < -0.3 is 24.8 Å². The Morgan fingerprint density at radius 3 is 2.51 bits per heavy atom. The summed E-state index contributed by atoms with van der Waals surface area (Å²) in [5.41, 5.74) is 5.76. The van der Waals surface area contributed by atoms with Crippen molar-refractivity contribution in [2.24, 2.45) is 17.8 Å². The fraction of sp³-hybridized carbons (Fsp3) is 0.314. The number of para-hydroxylation sites is 1. The molecule has 3 N–H and O–H groups in total. The van der Waals surface area contributed by atoms with E-state index in [-0.39, 0.29) is 24.1 Å². The van der Waals surface area contributed by atoms with E-state index in [9.17, 15) is 24.1 Å². The van der Waals surface area contributed by atoms with Crippen LogP contribution in [0.25, 0.3) is 6.08 Å². The van der Waals surface area contributed by atoms with Crippen LogP contribution in [-0.2, 0) is 19.0 Å². The van der Waals surface area contributed by atoms with E-state index in [1.807, 2.05) is 55.5 Å². The van der Waals surface area contributed by atoms with Crippen LogP contribution in [-0.4, -0.2) is 48.9 Å². The van der Waals surface area contributed by atoms with Crippen molar-refractivity contribution in [2.75, 3.05) is 23.9 Å². The van der Waals surface area contributed by atoms with Gasteiger partial charge in [-0.2, -0.15) is 0 Å². The molecule has 2 fully saturated rings. The molecule has 232 valence electrons. The normalized spacial score (nSPS) is 23.3. The Labute approximate surface area is 262 Å². The summed E-state index contributed by atoms with van der Waals surface area (Å²) < 4.78 is 25.5. The lowest BCUT2D eigenvalue weighted by Crippen LogP contribution is -2.46. The number of imide groups is 1. The predicted molar refractivity (Wildman–Crippen MR) is 171 cm³/mol. The van der Waals surface area contributed by atoms with Crippen molar-refractivity contribution in [1.82, 2.24) is 0 Å². The first-order valence-corrected chi connectivity index (χ1v) is 15.2. The highest BCUT2D eigenvalue weighted by atomic mass is 19.1. The van der Waals surface area contributed by atoms with Gasteiger partial charge in [0.25, 0.3) is 0 Å². The lowest BCUT2D eigenvalue weighted by atomic mass is 9.58. The molecular formula is C35H36BFN2O6. The van der Waals surface area contributed by atoms with E-state index in [1.54, 1.807) is 25.3 Å². The van der Waals surface area contributed by atoms with Crippen LogP contribution in [0, 0.1) is 23.6 Å². The first-order chi connectivity index (χ1) is 21.7. The zero-order valence-corrected chi connectivity index (χ0v) is 25.3. The molecule has 8 nitrogen and oxygen atoms in total. The predicted octanol–water partition coefficient (Wildman–Crippen LogP) is 6.11. The molecule has 1 aliphatic carbocycles. The first kappa shape index (κ1) is 30.8. The molecule has 2 saturated heterocycles. The number of anilines is 3. The number of carbonyl (C=O) groups is 2.